The smallest absolute Gasteiger partial charge is 0.185 e. The molecule has 2 fully saturated rings. The number of fused-ring (bicyclic) bond motifs is 1. The van der Waals surface area contributed by atoms with Crippen LogP contribution in [0.2, 0.25) is 0 Å². The zero-order valence-electron chi connectivity index (χ0n) is 16.6. The molecule has 0 aliphatic heterocycles. The Morgan fingerprint density at radius 3 is 2.81 bits per heavy atom. The molecule has 1 spiro atoms. The fraction of sp³-hybridized carbons (Fsp3) is 0.727. The number of allylic oxidation sites excluding steroid dienone is 4. The second-order valence-corrected chi connectivity index (χ2v) is 9.50. The lowest BCUT2D eigenvalue weighted by Gasteiger charge is -2.58. The van der Waals surface area contributed by atoms with Crippen LogP contribution in [-0.4, -0.2) is 30.0 Å². The number of aliphatic hydroxyl groups is 1. The lowest BCUT2D eigenvalue weighted by Crippen LogP contribution is -2.55. The molecule has 0 aromatic heterocycles. The number of carbonyl (C=O) groups excluding carboxylic acids is 1. The van der Waals surface area contributed by atoms with E-state index in [2.05, 4.69) is 31.0 Å². The van der Waals surface area contributed by atoms with Crippen molar-refractivity contribution in [2.75, 3.05) is 13.2 Å². The van der Waals surface area contributed by atoms with E-state index in [1.165, 1.54) is 5.57 Å². The summed E-state index contributed by atoms with van der Waals surface area (Å²) in [4.78, 5) is 17.5. The lowest BCUT2D eigenvalue weighted by atomic mass is 9.45. The van der Waals surface area contributed by atoms with Crippen LogP contribution >= 0.6 is 0 Å². The summed E-state index contributed by atoms with van der Waals surface area (Å²) >= 11 is 0. The molecule has 0 saturated heterocycles. The number of rotatable bonds is 6. The Kier molecular flexibility index (Phi) is 4.49. The van der Waals surface area contributed by atoms with E-state index in [0.717, 1.165) is 44.1 Å². The van der Waals surface area contributed by atoms with Crippen LogP contribution in [0.15, 0.2) is 28.3 Å². The van der Waals surface area contributed by atoms with Gasteiger partial charge in [-0.15, -0.1) is 0 Å². The highest BCUT2D eigenvalue weighted by molar-refractivity contribution is 6.04. The van der Waals surface area contributed by atoms with Crippen molar-refractivity contribution < 1.29 is 9.90 Å². The van der Waals surface area contributed by atoms with Crippen molar-refractivity contribution in [1.82, 2.24) is 0 Å². The maximum Gasteiger partial charge on any atom is 0.185 e. The van der Waals surface area contributed by atoms with Gasteiger partial charge in [0.2, 0.25) is 0 Å². The van der Waals surface area contributed by atoms with Gasteiger partial charge < -0.3 is 16.6 Å². The van der Waals surface area contributed by atoms with Crippen LogP contribution in [0.3, 0.4) is 0 Å². The van der Waals surface area contributed by atoms with E-state index in [1.807, 2.05) is 0 Å². The summed E-state index contributed by atoms with van der Waals surface area (Å²) in [6, 6.07) is 0. The standard InChI is InChI=1S/C22H33N3O2/c1-21(2)14-10-13(12-26)16-7-5-8-17-19(27)15(18(11-14)22(16,17)21)6-3-4-9-25-20(23)24/h5,8,13-14,16-17,26H,3-4,6-7,9-12H2,1-2H3,(H4,23,24,25)/t13-,14-,16-,17+,22-/m1/s1. The predicted molar refractivity (Wildman–Crippen MR) is 107 cm³/mol. The third kappa shape index (κ3) is 2.40. The Bertz CT molecular complexity index is 732. The van der Waals surface area contributed by atoms with E-state index in [-0.39, 0.29) is 29.3 Å². The van der Waals surface area contributed by atoms with Gasteiger partial charge in [-0.2, -0.15) is 0 Å². The topological polar surface area (TPSA) is 102 Å². The Balaban J connectivity index is 1.68. The van der Waals surface area contributed by atoms with Crippen molar-refractivity contribution >= 4 is 11.7 Å². The number of aliphatic imine (C=N–C) groups is 1. The Labute approximate surface area is 162 Å². The highest BCUT2D eigenvalue weighted by Gasteiger charge is 2.72. The first-order chi connectivity index (χ1) is 12.9. The summed E-state index contributed by atoms with van der Waals surface area (Å²) in [5.74, 6) is 1.74. The summed E-state index contributed by atoms with van der Waals surface area (Å²) in [5.41, 5.74) is 13.4. The van der Waals surface area contributed by atoms with E-state index in [9.17, 15) is 9.90 Å². The molecule has 5 heteroatoms. The first-order valence-corrected chi connectivity index (χ1v) is 10.4. The van der Waals surface area contributed by atoms with Crippen molar-refractivity contribution in [2.24, 2.45) is 51.0 Å². The Morgan fingerprint density at radius 2 is 2.11 bits per heavy atom. The first-order valence-electron chi connectivity index (χ1n) is 10.4. The third-order valence-electron chi connectivity index (χ3n) is 8.29. The van der Waals surface area contributed by atoms with Crippen molar-refractivity contribution in [3.05, 3.63) is 23.3 Å². The van der Waals surface area contributed by atoms with Gasteiger partial charge in [0.15, 0.2) is 11.7 Å². The Hall–Kier alpha value is -1.62. The van der Waals surface area contributed by atoms with E-state index < -0.39 is 0 Å². The molecule has 4 aliphatic rings. The van der Waals surface area contributed by atoms with E-state index >= 15 is 0 Å². The molecule has 2 saturated carbocycles. The maximum absolute atomic E-state index is 13.4. The van der Waals surface area contributed by atoms with Crippen LogP contribution in [0.25, 0.3) is 0 Å². The third-order valence-corrected chi connectivity index (χ3v) is 8.29. The SMILES string of the molecule is CC1(C)[C@H]2CC3=C(CCCCN=C(N)N)C(=O)[C@@H]4C=CC[C@H]([C@@H](CO)C2)[C@]341. The number of nitrogens with zero attached hydrogens (tertiary/aromatic N) is 1. The van der Waals surface area contributed by atoms with Gasteiger partial charge in [0.25, 0.3) is 0 Å². The van der Waals surface area contributed by atoms with Gasteiger partial charge in [-0.3, -0.25) is 9.79 Å². The minimum atomic E-state index is -0.0652. The van der Waals surface area contributed by atoms with Crippen molar-refractivity contribution in [3.8, 4) is 0 Å². The summed E-state index contributed by atoms with van der Waals surface area (Å²) in [7, 11) is 0. The number of hydrogen-bond donors (Lipinski definition) is 3. The molecule has 5 N–H and O–H groups in total. The molecular formula is C22H33N3O2. The van der Waals surface area contributed by atoms with Crippen molar-refractivity contribution in [1.29, 1.82) is 0 Å². The molecule has 0 radical (unpaired) electrons. The monoisotopic (exact) mass is 371 g/mol. The maximum atomic E-state index is 13.4. The highest BCUT2D eigenvalue weighted by atomic mass is 16.3. The Morgan fingerprint density at radius 1 is 1.33 bits per heavy atom. The molecule has 148 valence electrons. The van der Waals surface area contributed by atoms with Crippen LogP contribution in [0.5, 0.6) is 0 Å². The molecule has 4 aliphatic carbocycles. The van der Waals surface area contributed by atoms with Gasteiger partial charge in [0, 0.05) is 18.6 Å². The molecular weight excluding hydrogens is 338 g/mol. The van der Waals surface area contributed by atoms with Crippen LogP contribution < -0.4 is 11.5 Å². The van der Waals surface area contributed by atoms with Crippen LogP contribution in [0, 0.1) is 34.5 Å². The number of hydrogen-bond acceptors (Lipinski definition) is 3. The van der Waals surface area contributed by atoms with Gasteiger partial charge in [-0.25, -0.2) is 0 Å². The van der Waals surface area contributed by atoms with Crippen LogP contribution in [0.4, 0.5) is 0 Å². The van der Waals surface area contributed by atoms with Gasteiger partial charge >= 0.3 is 0 Å². The number of ketones is 1. The second kappa shape index (κ2) is 6.47. The minimum absolute atomic E-state index is 0.0201. The van der Waals surface area contributed by atoms with Crippen LogP contribution in [0.1, 0.15) is 52.4 Å². The number of aliphatic hydroxyl groups excluding tert-OH is 1. The molecule has 0 aromatic rings. The number of carbonyl (C=O) groups is 1. The van der Waals surface area contributed by atoms with Crippen LogP contribution in [-0.2, 0) is 4.79 Å². The van der Waals surface area contributed by atoms with Gasteiger partial charge in [0.05, 0.1) is 5.92 Å². The number of nitrogens with two attached hydrogens (primary N) is 2. The molecule has 0 heterocycles. The minimum Gasteiger partial charge on any atom is -0.396 e. The fourth-order valence-electron chi connectivity index (χ4n) is 7.19. The van der Waals surface area contributed by atoms with Gasteiger partial charge in [-0.1, -0.05) is 31.6 Å². The van der Waals surface area contributed by atoms with Crippen molar-refractivity contribution in [3.63, 3.8) is 0 Å². The molecule has 0 aromatic carbocycles. The first kappa shape index (κ1) is 18.7. The summed E-state index contributed by atoms with van der Waals surface area (Å²) in [6.45, 7) is 5.63. The summed E-state index contributed by atoms with van der Waals surface area (Å²) < 4.78 is 0. The molecule has 5 atom stereocenters. The molecule has 2 bridgehead atoms. The quantitative estimate of drug-likeness (QED) is 0.289. The number of guanidine groups is 1. The average Bonchev–Trinajstić information content (AvgIpc) is 2.90. The molecule has 0 amide bonds. The highest BCUT2D eigenvalue weighted by Crippen LogP contribution is 2.76. The zero-order valence-corrected chi connectivity index (χ0v) is 16.6. The fourth-order valence-corrected chi connectivity index (χ4v) is 7.19. The lowest BCUT2D eigenvalue weighted by molar-refractivity contribution is -0.131. The summed E-state index contributed by atoms with van der Waals surface area (Å²) in [5, 5.41) is 10.1. The molecule has 5 nitrogen and oxygen atoms in total. The van der Waals surface area contributed by atoms with E-state index in [0.29, 0.717) is 30.1 Å². The van der Waals surface area contributed by atoms with Gasteiger partial charge in [-0.05, 0) is 67.3 Å². The zero-order chi connectivity index (χ0) is 19.4. The number of Topliss-reactive ketones (excluding diaryl/α,β-unsaturated/α-hetero) is 1. The van der Waals surface area contributed by atoms with E-state index in [1.54, 1.807) is 0 Å². The largest absolute Gasteiger partial charge is 0.396 e. The normalized spacial score (nSPS) is 38.3. The molecule has 4 rings (SSSR count). The van der Waals surface area contributed by atoms with E-state index in [4.69, 9.17) is 11.5 Å². The second-order valence-electron chi connectivity index (χ2n) is 9.50. The predicted octanol–water partition coefficient (Wildman–Crippen LogP) is 2.55. The molecule has 27 heavy (non-hydrogen) atoms. The number of unbranched alkanes of at least 4 members (excludes halogenated alkanes) is 1. The summed E-state index contributed by atoms with van der Waals surface area (Å²) in [6.07, 6.45) is 10.2. The average molecular weight is 372 g/mol. The van der Waals surface area contributed by atoms with Crippen molar-refractivity contribution in [2.45, 2.75) is 52.4 Å². The van der Waals surface area contributed by atoms with Gasteiger partial charge in [0.1, 0.15) is 0 Å². The molecule has 0 unspecified atom stereocenters.